The van der Waals surface area contributed by atoms with Crippen LogP contribution in [-0.4, -0.2) is 19.6 Å². The van der Waals surface area contributed by atoms with E-state index in [4.69, 9.17) is 9.47 Å². The molecule has 3 rings (SSSR count). The van der Waals surface area contributed by atoms with Crippen molar-refractivity contribution in [3.05, 3.63) is 59.7 Å². The molecule has 4 heteroatoms. The van der Waals surface area contributed by atoms with Gasteiger partial charge in [-0.15, -0.1) is 0 Å². The third-order valence-electron chi connectivity index (χ3n) is 4.43. The number of carbonyl (C=O) groups is 1. The molecule has 2 aromatic carbocycles. The van der Waals surface area contributed by atoms with Gasteiger partial charge in [0, 0.05) is 11.1 Å². The monoisotopic (exact) mass is 339 g/mol. The van der Waals surface area contributed by atoms with Crippen molar-refractivity contribution >= 4 is 5.91 Å². The second kappa shape index (κ2) is 7.18. The average molecular weight is 339 g/mol. The highest BCUT2D eigenvalue weighted by Crippen LogP contribution is 2.49. The molecule has 0 spiro atoms. The summed E-state index contributed by atoms with van der Waals surface area (Å²) in [5.41, 5.74) is 1.37. The molecule has 2 aromatic rings. The molecule has 0 radical (unpaired) electrons. The van der Waals surface area contributed by atoms with Crippen molar-refractivity contribution in [3.8, 4) is 11.5 Å². The summed E-state index contributed by atoms with van der Waals surface area (Å²) in [6.07, 6.45) is 1.85. The fourth-order valence-electron chi connectivity index (χ4n) is 2.88. The van der Waals surface area contributed by atoms with E-state index in [1.54, 1.807) is 7.11 Å². The minimum absolute atomic E-state index is 0.0705. The molecule has 1 aliphatic rings. The van der Waals surface area contributed by atoms with Crippen molar-refractivity contribution in [3.63, 3.8) is 0 Å². The average Bonchev–Trinajstić information content (AvgIpc) is 3.40. The van der Waals surface area contributed by atoms with Crippen molar-refractivity contribution in [2.24, 2.45) is 5.92 Å². The van der Waals surface area contributed by atoms with Gasteiger partial charge in [-0.2, -0.15) is 0 Å². The largest absolute Gasteiger partial charge is 0.496 e. The summed E-state index contributed by atoms with van der Waals surface area (Å²) in [6, 6.07) is 15.2. The first-order valence-electron chi connectivity index (χ1n) is 8.73. The Kier molecular flexibility index (Phi) is 4.98. The summed E-state index contributed by atoms with van der Waals surface area (Å²) in [7, 11) is 1.66. The minimum Gasteiger partial charge on any atom is -0.496 e. The number of nitrogens with one attached hydrogen (secondary N) is 1. The van der Waals surface area contributed by atoms with E-state index < -0.39 is 0 Å². The van der Waals surface area contributed by atoms with Crippen LogP contribution in [0.2, 0.25) is 0 Å². The lowest BCUT2D eigenvalue weighted by Gasteiger charge is -2.20. The summed E-state index contributed by atoms with van der Waals surface area (Å²) in [5.74, 6) is 2.01. The van der Waals surface area contributed by atoms with E-state index in [9.17, 15) is 4.79 Å². The van der Waals surface area contributed by atoms with Gasteiger partial charge >= 0.3 is 0 Å². The maximum absolute atomic E-state index is 12.7. The molecule has 1 N–H and O–H groups in total. The van der Waals surface area contributed by atoms with Crippen LogP contribution < -0.4 is 14.8 Å². The van der Waals surface area contributed by atoms with Gasteiger partial charge in [-0.05, 0) is 49.1 Å². The lowest BCUT2D eigenvalue weighted by Crippen LogP contribution is -2.35. The van der Waals surface area contributed by atoms with Crippen LogP contribution in [0.4, 0.5) is 0 Å². The third-order valence-corrected chi connectivity index (χ3v) is 4.43. The van der Waals surface area contributed by atoms with Gasteiger partial charge < -0.3 is 14.8 Å². The van der Waals surface area contributed by atoms with Gasteiger partial charge in [-0.1, -0.05) is 32.0 Å². The van der Waals surface area contributed by atoms with Crippen molar-refractivity contribution in [1.82, 2.24) is 5.32 Å². The van der Waals surface area contributed by atoms with E-state index in [0.717, 1.165) is 29.9 Å². The Balaban J connectivity index is 1.70. The molecule has 25 heavy (non-hydrogen) atoms. The van der Waals surface area contributed by atoms with Crippen LogP contribution >= 0.6 is 0 Å². The number of amides is 1. The van der Waals surface area contributed by atoms with Gasteiger partial charge in [-0.3, -0.25) is 4.79 Å². The molecular formula is C21H25NO3. The van der Waals surface area contributed by atoms with Gasteiger partial charge in [-0.25, -0.2) is 0 Å². The van der Waals surface area contributed by atoms with Gasteiger partial charge in [0.25, 0.3) is 5.91 Å². The van der Waals surface area contributed by atoms with E-state index in [0.29, 0.717) is 18.1 Å². The third kappa shape index (κ3) is 3.95. The number of methoxy groups -OCH3 is 1. The van der Waals surface area contributed by atoms with Crippen LogP contribution in [0.15, 0.2) is 48.5 Å². The van der Waals surface area contributed by atoms with Crippen LogP contribution in [-0.2, 0) is 5.54 Å². The van der Waals surface area contributed by atoms with Crippen molar-refractivity contribution < 1.29 is 14.3 Å². The van der Waals surface area contributed by atoms with E-state index in [2.05, 4.69) is 19.2 Å². The Labute approximate surface area is 149 Å². The molecule has 4 nitrogen and oxygen atoms in total. The van der Waals surface area contributed by atoms with Crippen LogP contribution in [0.1, 0.15) is 42.6 Å². The lowest BCUT2D eigenvalue weighted by molar-refractivity contribution is 0.0930. The summed E-state index contributed by atoms with van der Waals surface area (Å²) in [4.78, 5) is 12.7. The van der Waals surface area contributed by atoms with Gasteiger partial charge in [0.2, 0.25) is 0 Å². The molecule has 1 saturated carbocycles. The highest BCUT2D eigenvalue weighted by Gasteiger charge is 2.47. The maximum atomic E-state index is 12.7. The molecule has 0 aromatic heterocycles. The first-order chi connectivity index (χ1) is 12.0. The van der Waals surface area contributed by atoms with Crippen molar-refractivity contribution in [2.75, 3.05) is 13.7 Å². The Morgan fingerprint density at radius 2 is 1.80 bits per heavy atom. The molecule has 1 aliphatic carbocycles. The Morgan fingerprint density at radius 1 is 1.12 bits per heavy atom. The molecular weight excluding hydrogens is 314 g/mol. The van der Waals surface area contributed by atoms with Gasteiger partial charge in [0.1, 0.15) is 11.5 Å². The van der Waals surface area contributed by atoms with E-state index in [1.807, 2.05) is 48.5 Å². The summed E-state index contributed by atoms with van der Waals surface area (Å²) < 4.78 is 11.1. The molecule has 0 heterocycles. The first-order valence-corrected chi connectivity index (χ1v) is 8.73. The second-order valence-electron chi connectivity index (χ2n) is 6.97. The van der Waals surface area contributed by atoms with E-state index >= 15 is 0 Å². The minimum atomic E-state index is -0.309. The maximum Gasteiger partial charge on any atom is 0.251 e. The first kappa shape index (κ1) is 17.3. The van der Waals surface area contributed by atoms with Crippen molar-refractivity contribution in [1.29, 1.82) is 0 Å². The topological polar surface area (TPSA) is 47.6 Å². The molecule has 0 bridgehead atoms. The van der Waals surface area contributed by atoms with Crippen LogP contribution in [0, 0.1) is 5.92 Å². The van der Waals surface area contributed by atoms with Gasteiger partial charge in [0.15, 0.2) is 0 Å². The zero-order chi connectivity index (χ0) is 17.9. The van der Waals surface area contributed by atoms with Crippen LogP contribution in [0.25, 0.3) is 0 Å². The van der Waals surface area contributed by atoms with Crippen LogP contribution in [0.3, 0.4) is 0 Å². The highest BCUT2D eigenvalue weighted by atomic mass is 16.5. The van der Waals surface area contributed by atoms with E-state index in [-0.39, 0.29) is 11.4 Å². The molecule has 132 valence electrons. The standard InChI is InChI=1S/C21H25NO3/c1-15(2)14-25-17-10-8-16(9-11-17)20(23)22-21(12-13-21)18-6-4-5-7-19(18)24-3/h4-11,15H,12-14H2,1-3H3,(H,22,23). The Bertz CT molecular complexity index is 733. The molecule has 0 unspecified atom stereocenters. The zero-order valence-corrected chi connectivity index (χ0v) is 15.0. The summed E-state index contributed by atoms with van der Waals surface area (Å²) in [6.45, 7) is 4.88. The van der Waals surface area contributed by atoms with Gasteiger partial charge in [0.05, 0.1) is 19.3 Å². The number of para-hydroxylation sites is 1. The molecule has 1 fully saturated rings. The van der Waals surface area contributed by atoms with Crippen molar-refractivity contribution in [2.45, 2.75) is 32.2 Å². The zero-order valence-electron chi connectivity index (χ0n) is 15.0. The number of benzene rings is 2. The Morgan fingerprint density at radius 3 is 2.40 bits per heavy atom. The second-order valence-corrected chi connectivity index (χ2v) is 6.97. The number of hydrogen-bond acceptors (Lipinski definition) is 3. The van der Waals surface area contributed by atoms with E-state index in [1.165, 1.54) is 0 Å². The Hall–Kier alpha value is -2.49. The summed E-state index contributed by atoms with van der Waals surface area (Å²) >= 11 is 0. The normalized spacial score (nSPS) is 14.9. The molecule has 0 saturated heterocycles. The number of hydrogen-bond donors (Lipinski definition) is 1. The quantitative estimate of drug-likeness (QED) is 0.824. The fraction of sp³-hybridized carbons (Fsp3) is 0.381. The number of ether oxygens (including phenoxy) is 2. The molecule has 0 atom stereocenters. The fourth-order valence-corrected chi connectivity index (χ4v) is 2.88. The molecule has 1 amide bonds. The smallest absolute Gasteiger partial charge is 0.251 e. The van der Waals surface area contributed by atoms with Crippen LogP contribution in [0.5, 0.6) is 11.5 Å². The number of rotatable bonds is 7. The molecule has 0 aliphatic heterocycles. The lowest BCUT2D eigenvalue weighted by atomic mass is 10.0. The SMILES string of the molecule is COc1ccccc1C1(NC(=O)c2ccc(OCC(C)C)cc2)CC1. The predicted octanol–water partition coefficient (Wildman–Crippen LogP) is 4.15. The number of carbonyl (C=O) groups excluding carboxylic acids is 1. The highest BCUT2D eigenvalue weighted by molar-refractivity contribution is 5.95. The summed E-state index contributed by atoms with van der Waals surface area (Å²) in [5, 5.41) is 3.18. The predicted molar refractivity (Wildman–Crippen MR) is 98.1 cm³/mol.